The van der Waals surface area contributed by atoms with Gasteiger partial charge < -0.3 is 19.3 Å². The fourth-order valence-corrected chi connectivity index (χ4v) is 3.97. The number of hydrogen-bond acceptors (Lipinski definition) is 6. The number of carbonyl (C=O) groups is 1. The van der Waals surface area contributed by atoms with Crippen LogP contribution in [-0.4, -0.2) is 42.8 Å². The molecule has 4 rings (SSSR count). The van der Waals surface area contributed by atoms with Crippen LogP contribution < -0.4 is 4.74 Å². The van der Waals surface area contributed by atoms with Gasteiger partial charge in [0.25, 0.3) is 0 Å². The number of aliphatic hydroxyl groups is 1. The SMILES string of the molecule is COC(=O)[C@]1(Cc2ccccc2)N=C(c2ccc(OCCCO)cc2)O[C@@H]1c1ccccc1. The molecule has 2 atom stereocenters. The van der Waals surface area contributed by atoms with Crippen molar-refractivity contribution in [2.75, 3.05) is 20.3 Å². The number of nitrogens with zero attached hydrogens (tertiary/aromatic N) is 1. The molecule has 3 aromatic rings. The zero-order valence-electron chi connectivity index (χ0n) is 18.5. The van der Waals surface area contributed by atoms with E-state index in [1.54, 1.807) is 0 Å². The first kappa shape index (κ1) is 22.6. The number of carbonyl (C=O) groups excluding carboxylic acids is 1. The minimum Gasteiger partial charge on any atom is -0.494 e. The summed E-state index contributed by atoms with van der Waals surface area (Å²) >= 11 is 0. The molecule has 0 saturated carbocycles. The summed E-state index contributed by atoms with van der Waals surface area (Å²) in [5, 5.41) is 8.92. The molecule has 1 aliphatic rings. The van der Waals surface area contributed by atoms with Gasteiger partial charge in [0, 0.05) is 25.0 Å². The van der Waals surface area contributed by atoms with Crippen LogP contribution in [0.4, 0.5) is 0 Å². The van der Waals surface area contributed by atoms with Crippen molar-refractivity contribution >= 4 is 11.9 Å². The number of hydrogen-bond donors (Lipinski definition) is 1. The second-order valence-electron chi connectivity index (χ2n) is 7.85. The number of benzene rings is 3. The first-order valence-electron chi connectivity index (χ1n) is 10.9. The number of aliphatic hydroxyl groups excluding tert-OH is 1. The predicted octanol–water partition coefficient (Wildman–Crippen LogP) is 4.12. The van der Waals surface area contributed by atoms with E-state index < -0.39 is 17.6 Å². The highest BCUT2D eigenvalue weighted by Crippen LogP contribution is 2.43. The van der Waals surface area contributed by atoms with Crippen LogP contribution in [0.5, 0.6) is 5.75 Å². The van der Waals surface area contributed by atoms with Crippen molar-refractivity contribution in [3.8, 4) is 5.75 Å². The number of rotatable bonds is 9. The standard InChI is InChI=1S/C27H27NO5/c1-31-26(30)27(19-20-9-4-2-5-10-20)24(21-11-6-3-7-12-21)33-25(28-27)22-13-15-23(16-14-22)32-18-8-17-29/h2-7,9-16,24,29H,8,17-19H2,1H3/t24-,27-/m1/s1. The molecule has 33 heavy (non-hydrogen) atoms. The predicted molar refractivity (Wildman–Crippen MR) is 125 cm³/mol. The van der Waals surface area contributed by atoms with Gasteiger partial charge >= 0.3 is 5.97 Å². The van der Waals surface area contributed by atoms with Crippen LogP contribution in [0.1, 0.15) is 29.2 Å². The quantitative estimate of drug-likeness (QED) is 0.396. The molecule has 0 spiro atoms. The van der Waals surface area contributed by atoms with E-state index in [0.717, 1.165) is 16.7 Å². The summed E-state index contributed by atoms with van der Waals surface area (Å²) < 4.78 is 17.2. The van der Waals surface area contributed by atoms with E-state index in [-0.39, 0.29) is 6.61 Å². The number of aliphatic imine (C=N–C) groups is 1. The summed E-state index contributed by atoms with van der Waals surface area (Å²) in [5.74, 6) is 0.625. The summed E-state index contributed by atoms with van der Waals surface area (Å²) in [4.78, 5) is 18.1. The highest BCUT2D eigenvalue weighted by Gasteiger charge is 2.54. The second-order valence-corrected chi connectivity index (χ2v) is 7.85. The number of esters is 1. The van der Waals surface area contributed by atoms with Crippen LogP contribution in [-0.2, 0) is 20.7 Å². The highest BCUT2D eigenvalue weighted by molar-refractivity contribution is 6.00. The summed E-state index contributed by atoms with van der Waals surface area (Å²) in [7, 11) is 1.38. The van der Waals surface area contributed by atoms with Crippen molar-refractivity contribution in [3.05, 3.63) is 102 Å². The van der Waals surface area contributed by atoms with Gasteiger partial charge in [0.2, 0.25) is 11.4 Å². The van der Waals surface area contributed by atoms with Crippen molar-refractivity contribution in [2.24, 2.45) is 4.99 Å². The van der Waals surface area contributed by atoms with Crippen LogP contribution in [0.15, 0.2) is 89.9 Å². The van der Waals surface area contributed by atoms with Gasteiger partial charge in [-0.05, 0) is 35.4 Å². The molecule has 1 heterocycles. The summed E-state index contributed by atoms with van der Waals surface area (Å²) in [6, 6.07) is 26.7. The molecular formula is C27H27NO5. The maximum Gasteiger partial charge on any atom is 0.338 e. The van der Waals surface area contributed by atoms with Crippen LogP contribution >= 0.6 is 0 Å². The molecule has 0 bridgehead atoms. The average molecular weight is 446 g/mol. The molecule has 6 heteroatoms. The maximum atomic E-state index is 13.3. The van der Waals surface area contributed by atoms with Gasteiger partial charge in [-0.15, -0.1) is 0 Å². The molecule has 0 saturated heterocycles. The Kier molecular flexibility index (Phi) is 7.05. The van der Waals surface area contributed by atoms with E-state index in [1.165, 1.54) is 7.11 Å². The molecule has 1 aliphatic heterocycles. The Morgan fingerprint density at radius 3 is 2.30 bits per heavy atom. The molecule has 3 aromatic carbocycles. The maximum absolute atomic E-state index is 13.3. The normalized spacial score (nSPS) is 19.5. The molecule has 0 unspecified atom stereocenters. The number of methoxy groups -OCH3 is 1. The third-order valence-electron chi connectivity index (χ3n) is 5.59. The molecule has 0 aromatic heterocycles. The molecule has 6 nitrogen and oxygen atoms in total. The van der Waals surface area contributed by atoms with Gasteiger partial charge in [0.1, 0.15) is 5.75 Å². The Hall–Kier alpha value is -3.64. The Labute approximate surface area is 193 Å². The zero-order valence-corrected chi connectivity index (χ0v) is 18.5. The molecule has 0 radical (unpaired) electrons. The number of ether oxygens (including phenoxy) is 3. The van der Waals surface area contributed by atoms with Gasteiger partial charge in [-0.2, -0.15) is 0 Å². The van der Waals surface area contributed by atoms with E-state index >= 15 is 0 Å². The van der Waals surface area contributed by atoms with Gasteiger partial charge in [-0.3, -0.25) is 0 Å². The van der Waals surface area contributed by atoms with Crippen LogP contribution in [0.25, 0.3) is 0 Å². The van der Waals surface area contributed by atoms with Crippen molar-refractivity contribution in [3.63, 3.8) is 0 Å². The fraction of sp³-hybridized carbons (Fsp3) is 0.259. The zero-order chi connectivity index (χ0) is 23.1. The lowest BCUT2D eigenvalue weighted by Crippen LogP contribution is -2.44. The van der Waals surface area contributed by atoms with E-state index in [2.05, 4.69) is 0 Å². The van der Waals surface area contributed by atoms with Gasteiger partial charge in [-0.1, -0.05) is 60.7 Å². The minimum atomic E-state index is -1.26. The van der Waals surface area contributed by atoms with E-state index in [1.807, 2.05) is 84.9 Å². The molecule has 0 amide bonds. The van der Waals surface area contributed by atoms with Gasteiger partial charge in [-0.25, -0.2) is 9.79 Å². The molecule has 1 N–H and O–H groups in total. The lowest BCUT2D eigenvalue weighted by Gasteiger charge is -2.29. The van der Waals surface area contributed by atoms with E-state index in [4.69, 9.17) is 24.3 Å². The Balaban J connectivity index is 1.72. The first-order valence-corrected chi connectivity index (χ1v) is 10.9. The van der Waals surface area contributed by atoms with E-state index in [9.17, 15) is 4.79 Å². The summed E-state index contributed by atoms with van der Waals surface area (Å²) in [6.45, 7) is 0.520. The molecular weight excluding hydrogens is 418 g/mol. The Bertz CT molecular complexity index is 1080. The van der Waals surface area contributed by atoms with Gasteiger partial charge in [0.15, 0.2) is 6.10 Å². The van der Waals surface area contributed by atoms with Crippen molar-refractivity contribution in [1.82, 2.24) is 0 Å². The highest BCUT2D eigenvalue weighted by atomic mass is 16.5. The lowest BCUT2D eigenvalue weighted by molar-refractivity contribution is -0.149. The third kappa shape index (κ3) is 4.91. The third-order valence-corrected chi connectivity index (χ3v) is 5.59. The smallest absolute Gasteiger partial charge is 0.338 e. The molecule has 170 valence electrons. The lowest BCUT2D eigenvalue weighted by atomic mass is 9.83. The van der Waals surface area contributed by atoms with Crippen LogP contribution in [0.2, 0.25) is 0 Å². The average Bonchev–Trinajstić information content (AvgIpc) is 3.25. The Morgan fingerprint density at radius 1 is 1.00 bits per heavy atom. The van der Waals surface area contributed by atoms with Crippen molar-refractivity contribution in [1.29, 1.82) is 0 Å². The minimum absolute atomic E-state index is 0.0840. The monoisotopic (exact) mass is 445 g/mol. The van der Waals surface area contributed by atoms with Crippen molar-refractivity contribution < 1.29 is 24.1 Å². The summed E-state index contributed by atoms with van der Waals surface area (Å²) in [5.41, 5.74) is 1.29. The fourth-order valence-electron chi connectivity index (χ4n) is 3.97. The summed E-state index contributed by atoms with van der Waals surface area (Å²) in [6.07, 6.45) is 0.269. The van der Waals surface area contributed by atoms with Crippen LogP contribution in [0.3, 0.4) is 0 Å². The second kappa shape index (κ2) is 10.3. The topological polar surface area (TPSA) is 77.4 Å². The Morgan fingerprint density at radius 2 is 1.67 bits per heavy atom. The van der Waals surface area contributed by atoms with Crippen molar-refractivity contribution in [2.45, 2.75) is 24.5 Å². The first-order chi connectivity index (χ1) is 16.2. The van der Waals surface area contributed by atoms with Crippen LogP contribution in [0, 0.1) is 0 Å². The largest absolute Gasteiger partial charge is 0.494 e. The molecule has 0 aliphatic carbocycles. The van der Waals surface area contributed by atoms with Gasteiger partial charge in [0.05, 0.1) is 13.7 Å². The van der Waals surface area contributed by atoms with E-state index in [0.29, 0.717) is 31.1 Å². The molecule has 0 fully saturated rings.